The molecule has 0 unspecified atom stereocenters. The van der Waals surface area contributed by atoms with Crippen molar-refractivity contribution in [2.45, 2.75) is 6.92 Å². The predicted molar refractivity (Wildman–Crippen MR) is 69.7 cm³/mol. The quantitative estimate of drug-likeness (QED) is 0.896. The minimum Gasteiger partial charge on any atom is -0.493 e. The normalized spacial score (nSPS) is 10.2. The second kappa shape index (κ2) is 4.91. The molecule has 18 heavy (non-hydrogen) atoms. The summed E-state index contributed by atoms with van der Waals surface area (Å²) in [6, 6.07) is 5.62. The molecule has 0 spiro atoms. The van der Waals surface area contributed by atoms with Gasteiger partial charge in [0.05, 0.1) is 19.9 Å². The maximum atomic E-state index is 5.78. The molecule has 0 aliphatic rings. The zero-order valence-electron chi connectivity index (χ0n) is 10.6. The number of anilines is 1. The van der Waals surface area contributed by atoms with Crippen LogP contribution < -0.4 is 15.2 Å². The molecular formula is C13H15N3O2. The number of nitrogens with two attached hydrogens (primary N) is 1. The SMILES string of the molecule is COc1ccc(-c2ncnc(N)c2C)cc1OC. The predicted octanol–water partition coefficient (Wildman–Crippen LogP) is 2.05. The van der Waals surface area contributed by atoms with E-state index in [-0.39, 0.29) is 0 Å². The Hall–Kier alpha value is -2.30. The van der Waals surface area contributed by atoms with Crippen molar-refractivity contribution in [2.75, 3.05) is 20.0 Å². The number of methoxy groups -OCH3 is 2. The summed E-state index contributed by atoms with van der Waals surface area (Å²) < 4.78 is 10.5. The van der Waals surface area contributed by atoms with Crippen molar-refractivity contribution in [3.05, 3.63) is 30.1 Å². The first-order chi connectivity index (χ1) is 8.67. The summed E-state index contributed by atoms with van der Waals surface area (Å²) in [5.41, 5.74) is 8.34. The topological polar surface area (TPSA) is 70.3 Å². The number of nitrogen functional groups attached to an aromatic ring is 1. The molecule has 1 aromatic heterocycles. The average Bonchev–Trinajstić information content (AvgIpc) is 2.41. The molecule has 2 rings (SSSR count). The maximum Gasteiger partial charge on any atom is 0.161 e. The Bertz CT molecular complexity index is 570. The summed E-state index contributed by atoms with van der Waals surface area (Å²) >= 11 is 0. The van der Waals surface area contributed by atoms with Crippen molar-refractivity contribution in [1.29, 1.82) is 0 Å². The zero-order chi connectivity index (χ0) is 13.1. The highest BCUT2D eigenvalue weighted by Gasteiger charge is 2.10. The van der Waals surface area contributed by atoms with Crippen LogP contribution in [0, 0.1) is 6.92 Å². The minimum atomic E-state index is 0.481. The summed E-state index contributed by atoms with van der Waals surface area (Å²) in [6.07, 6.45) is 1.45. The molecule has 2 aromatic rings. The average molecular weight is 245 g/mol. The first-order valence-corrected chi connectivity index (χ1v) is 5.47. The molecule has 0 amide bonds. The Kier molecular flexibility index (Phi) is 3.32. The van der Waals surface area contributed by atoms with E-state index in [9.17, 15) is 0 Å². The van der Waals surface area contributed by atoms with E-state index in [0.717, 1.165) is 16.8 Å². The Morgan fingerprint density at radius 3 is 2.44 bits per heavy atom. The lowest BCUT2D eigenvalue weighted by Crippen LogP contribution is -1.99. The van der Waals surface area contributed by atoms with Crippen LogP contribution >= 0.6 is 0 Å². The molecule has 0 bridgehead atoms. The van der Waals surface area contributed by atoms with Crippen molar-refractivity contribution in [1.82, 2.24) is 9.97 Å². The van der Waals surface area contributed by atoms with E-state index in [4.69, 9.17) is 15.2 Å². The fourth-order valence-corrected chi connectivity index (χ4v) is 1.74. The molecule has 0 aliphatic carbocycles. The molecule has 0 saturated carbocycles. The first kappa shape index (κ1) is 12.2. The molecule has 94 valence electrons. The second-order valence-electron chi connectivity index (χ2n) is 3.80. The Morgan fingerprint density at radius 2 is 1.78 bits per heavy atom. The monoisotopic (exact) mass is 245 g/mol. The van der Waals surface area contributed by atoms with Crippen molar-refractivity contribution in [3.8, 4) is 22.8 Å². The van der Waals surface area contributed by atoms with Crippen LogP contribution in [0.25, 0.3) is 11.3 Å². The van der Waals surface area contributed by atoms with Gasteiger partial charge in [0.2, 0.25) is 0 Å². The first-order valence-electron chi connectivity index (χ1n) is 5.47. The highest BCUT2D eigenvalue weighted by Crippen LogP contribution is 2.33. The Balaban J connectivity index is 2.54. The van der Waals surface area contributed by atoms with E-state index in [0.29, 0.717) is 17.3 Å². The van der Waals surface area contributed by atoms with E-state index in [1.165, 1.54) is 6.33 Å². The van der Waals surface area contributed by atoms with Crippen LogP contribution in [0.1, 0.15) is 5.56 Å². The molecule has 0 atom stereocenters. The number of aromatic nitrogens is 2. The van der Waals surface area contributed by atoms with Gasteiger partial charge in [0.15, 0.2) is 11.5 Å². The molecule has 0 radical (unpaired) electrons. The van der Waals surface area contributed by atoms with Gasteiger partial charge in [-0.15, -0.1) is 0 Å². The lowest BCUT2D eigenvalue weighted by molar-refractivity contribution is 0.355. The summed E-state index contributed by atoms with van der Waals surface area (Å²) in [5.74, 6) is 1.82. The van der Waals surface area contributed by atoms with Gasteiger partial charge in [0.1, 0.15) is 12.1 Å². The zero-order valence-corrected chi connectivity index (χ0v) is 10.6. The number of hydrogen-bond donors (Lipinski definition) is 1. The van der Waals surface area contributed by atoms with E-state index < -0.39 is 0 Å². The van der Waals surface area contributed by atoms with Crippen LogP contribution in [0.5, 0.6) is 11.5 Å². The number of benzene rings is 1. The summed E-state index contributed by atoms with van der Waals surface area (Å²) in [5, 5.41) is 0. The fraction of sp³-hybridized carbons (Fsp3) is 0.231. The number of hydrogen-bond acceptors (Lipinski definition) is 5. The van der Waals surface area contributed by atoms with Crippen molar-refractivity contribution in [2.24, 2.45) is 0 Å². The number of ether oxygens (including phenoxy) is 2. The van der Waals surface area contributed by atoms with Crippen LogP contribution in [0.3, 0.4) is 0 Å². The van der Waals surface area contributed by atoms with Gasteiger partial charge in [-0.2, -0.15) is 0 Å². The Labute approximate surface area is 106 Å². The van der Waals surface area contributed by atoms with Crippen LogP contribution in [-0.2, 0) is 0 Å². The molecule has 5 heteroatoms. The van der Waals surface area contributed by atoms with Crippen molar-refractivity contribution >= 4 is 5.82 Å². The minimum absolute atomic E-state index is 0.481. The van der Waals surface area contributed by atoms with Gasteiger partial charge in [-0.05, 0) is 25.1 Å². The molecule has 1 heterocycles. The highest BCUT2D eigenvalue weighted by atomic mass is 16.5. The lowest BCUT2D eigenvalue weighted by atomic mass is 10.1. The van der Waals surface area contributed by atoms with Crippen molar-refractivity contribution < 1.29 is 9.47 Å². The van der Waals surface area contributed by atoms with E-state index in [1.807, 2.05) is 25.1 Å². The van der Waals surface area contributed by atoms with Gasteiger partial charge in [-0.25, -0.2) is 9.97 Å². The maximum absolute atomic E-state index is 5.78. The molecule has 0 saturated heterocycles. The smallest absolute Gasteiger partial charge is 0.161 e. The summed E-state index contributed by atoms with van der Waals surface area (Å²) in [4.78, 5) is 8.20. The third-order valence-corrected chi connectivity index (χ3v) is 2.78. The molecule has 0 fully saturated rings. The third kappa shape index (κ3) is 2.07. The lowest BCUT2D eigenvalue weighted by Gasteiger charge is -2.11. The largest absolute Gasteiger partial charge is 0.493 e. The van der Waals surface area contributed by atoms with Crippen LogP contribution in [-0.4, -0.2) is 24.2 Å². The molecule has 1 aromatic carbocycles. The van der Waals surface area contributed by atoms with E-state index >= 15 is 0 Å². The van der Waals surface area contributed by atoms with Gasteiger partial charge >= 0.3 is 0 Å². The fourth-order valence-electron chi connectivity index (χ4n) is 1.74. The van der Waals surface area contributed by atoms with Crippen LogP contribution in [0.4, 0.5) is 5.82 Å². The van der Waals surface area contributed by atoms with E-state index in [1.54, 1.807) is 14.2 Å². The van der Waals surface area contributed by atoms with Crippen molar-refractivity contribution in [3.63, 3.8) is 0 Å². The van der Waals surface area contributed by atoms with Gasteiger partial charge in [-0.1, -0.05) is 0 Å². The number of rotatable bonds is 3. The molecule has 2 N–H and O–H groups in total. The van der Waals surface area contributed by atoms with Crippen LogP contribution in [0.15, 0.2) is 24.5 Å². The molecular weight excluding hydrogens is 230 g/mol. The summed E-state index contributed by atoms with van der Waals surface area (Å²) in [7, 11) is 3.20. The van der Waals surface area contributed by atoms with Gasteiger partial charge in [0.25, 0.3) is 0 Å². The third-order valence-electron chi connectivity index (χ3n) is 2.78. The van der Waals surface area contributed by atoms with E-state index in [2.05, 4.69) is 9.97 Å². The second-order valence-corrected chi connectivity index (χ2v) is 3.80. The molecule has 5 nitrogen and oxygen atoms in total. The van der Waals surface area contributed by atoms with Gasteiger partial charge in [0, 0.05) is 11.1 Å². The summed E-state index contributed by atoms with van der Waals surface area (Å²) in [6.45, 7) is 1.89. The highest BCUT2D eigenvalue weighted by molar-refractivity contribution is 5.69. The molecule has 0 aliphatic heterocycles. The Morgan fingerprint density at radius 1 is 1.06 bits per heavy atom. The van der Waals surface area contributed by atoms with Gasteiger partial charge in [-0.3, -0.25) is 0 Å². The number of nitrogens with zero attached hydrogens (tertiary/aromatic N) is 2. The van der Waals surface area contributed by atoms with Gasteiger partial charge < -0.3 is 15.2 Å². The van der Waals surface area contributed by atoms with Crippen LogP contribution in [0.2, 0.25) is 0 Å². The standard InChI is InChI=1S/C13H15N3O2/c1-8-12(15-7-16-13(8)14)9-4-5-10(17-2)11(6-9)18-3/h4-7H,1-3H3,(H2,14,15,16).